The molecule has 0 amide bonds. The van der Waals surface area contributed by atoms with Gasteiger partial charge in [-0.25, -0.2) is 4.99 Å². The number of hydrogen-bond donors (Lipinski definition) is 2. The molecule has 0 spiro atoms. The van der Waals surface area contributed by atoms with E-state index in [4.69, 9.17) is 10.7 Å². The monoisotopic (exact) mass is 586 g/mol. The van der Waals surface area contributed by atoms with Crippen molar-refractivity contribution in [2.45, 2.75) is 12.7 Å². The smallest absolute Gasteiger partial charge is 0.128 e. The molecular formula is C39H30N4S. The van der Waals surface area contributed by atoms with Crippen LogP contribution in [0.1, 0.15) is 22.9 Å². The van der Waals surface area contributed by atoms with Crippen LogP contribution in [0.4, 0.5) is 0 Å². The van der Waals surface area contributed by atoms with Crippen molar-refractivity contribution >= 4 is 59.2 Å². The van der Waals surface area contributed by atoms with Gasteiger partial charge < -0.3 is 10.3 Å². The predicted octanol–water partition coefficient (Wildman–Crippen LogP) is 9.35. The van der Waals surface area contributed by atoms with Crippen molar-refractivity contribution in [1.29, 1.82) is 0 Å². The lowest BCUT2D eigenvalue weighted by molar-refractivity contribution is 0.556. The highest BCUT2D eigenvalue weighted by molar-refractivity contribution is 7.26. The summed E-state index contributed by atoms with van der Waals surface area (Å²) in [6.07, 6.45) is -0.277. The van der Waals surface area contributed by atoms with Gasteiger partial charge in [-0.3, -0.25) is 5.32 Å². The van der Waals surface area contributed by atoms with Crippen LogP contribution < -0.4 is 11.1 Å². The predicted molar refractivity (Wildman–Crippen MR) is 187 cm³/mol. The minimum Gasteiger partial charge on any atom is -0.383 e. The Bertz CT molecular complexity index is 2280. The van der Waals surface area contributed by atoms with Gasteiger partial charge in [-0.2, -0.15) is 0 Å². The third kappa shape index (κ3) is 4.63. The van der Waals surface area contributed by atoms with E-state index >= 15 is 0 Å². The highest BCUT2D eigenvalue weighted by Gasteiger charge is 2.17. The molecule has 0 aliphatic rings. The number of rotatable bonds is 7. The molecule has 3 N–H and O–H groups in total. The Morgan fingerprint density at radius 3 is 2.14 bits per heavy atom. The van der Waals surface area contributed by atoms with Gasteiger partial charge in [0.25, 0.3) is 0 Å². The first-order valence-corrected chi connectivity index (χ1v) is 15.7. The van der Waals surface area contributed by atoms with E-state index in [1.54, 1.807) is 0 Å². The highest BCUT2D eigenvalue weighted by Crippen LogP contribution is 2.41. The van der Waals surface area contributed by atoms with Crippen molar-refractivity contribution in [3.05, 3.63) is 162 Å². The molecule has 0 bridgehead atoms. The zero-order chi connectivity index (χ0) is 29.5. The Morgan fingerprint density at radius 1 is 0.659 bits per heavy atom. The summed E-state index contributed by atoms with van der Waals surface area (Å²) in [4.78, 5) is 4.94. The van der Waals surface area contributed by atoms with E-state index in [0.29, 0.717) is 12.4 Å². The molecule has 0 radical (unpaired) electrons. The van der Waals surface area contributed by atoms with Crippen LogP contribution in [0, 0.1) is 0 Å². The fourth-order valence-corrected chi connectivity index (χ4v) is 7.44. The molecule has 212 valence electrons. The number of hydrogen-bond acceptors (Lipinski definition) is 3. The van der Waals surface area contributed by atoms with Gasteiger partial charge in [-0.05, 0) is 41.5 Å². The van der Waals surface area contributed by atoms with E-state index in [9.17, 15) is 0 Å². The summed E-state index contributed by atoms with van der Waals surface area (Å²) in [6, 6.07) is 51.0. The average Bonchev–Trinajstić information content (AvgIpc) is 3.62. The first-order chi connectivity index (χ1) is 21.7. The van der Waals surface area contributed by atoms with Crippen LogP contribution in [0.2, 0.25) is 0 Å². The maximum absolute atomic E-state index is 6.49. The quantitative estimate of drug-likeness (QED) is 0.144. The molecule has 8 aromatic rings. The van der Waals surface area contributed by atoms with Crippen molar-refractivity contribution in [1.82, 2.24) is 9.88 Å². The number of aliphatic imine (C=N–C) groups is 1. The van der Waals surface area contributed by atoms with Crippen LogP contribution in [0.3, 0.4) is 0 Å². The minimum atomic E-state index is -0.277. The van der Waals surface area contributed by atoms with Crippen molar-refractivity contribution in [3.8, 4) is 5.69 Å². The molecule has 44 heavy (non-hydrogen) atoms. The van der Waals surface area contributed by atoms with Gasteiger partial charge in [0.1, 0.15) is 12.0 Å². The van der Waals surface area contributed by atoms with E-state index in [1.165, 1.54) is 53.2 Å². The van der Waals surface area contributed by atoms with Gasteiger partial charge >= 0.3 is 0 Å². The number of nitrogens with one attached hydrogen (secondary N) is 1. The van der Waals surface area contributed by atoms with Gasteiger partial charge in [0.15, 0.2) is 0 Å². The molecular weight excluding hydrogens is 557 g/mol. The number of para-hydroxylation sites is 2. The number of fused-ring (bicyclic) bond motifs is 6. The molecule has 8 rings (SSSR count). The lowest BCUT2D eigenvalue weighted by atomic mass is 10.1. The first-order valence-electron chi connectivity index (χ1n) is 14.8. The lowest BCUT2D eigenvalue weighted by Crippen LogP contribution is -2.23. The third-order valence-electron chi connectivity index (χ3n) is 8.33. The molecule has 0 aliphatic heterocycles. The Hall–Kier alpha value is -5.23. The molecule has 6 aromatic carbocycles. The van der Waals surface area contributed by atoms with Gasteiger partial charge in [0.05, 0.1) is 11.0 Å². The van der Waals surface area contributed by atoms with Crippen LogP contribution in [-0.2, 0) is 6.54 Å². The molecule has 0 saturated heterocycles. The van der Waals surface area contributed by atoms with Crippen molar-refractivity contribution in [3.63, 3.8) is 0 Å². The molecule has 1 unspecified atom stereocenters. The van der Waals surface area contributed by atoms with E-state index in [0.717, 1.165) is 11.1 Å². The van der Waals surface area contributed by atoms with Gasteiger partial charge in [0, 0.05) is 48.7 Å². The summed E-state index contributed by atoms with van der Waals surface area (Å²) < 4.78 is 4.97. The summed E-state index contributed by atoms with van der Waals surface area (Å²) in [7, 11) is 0. The second-order valence-corrected chi connectivity index (χ2v) is 12.1. The number of amidine groups is 1. The summed E-state index contributed by atoms with van der Waals surface area (Å²) in [5.41, 5.74) is 13.4. The Morgan fingerprint density at radius 2 is 1.34 bits per heavy atom. The van der Waals surface area contributed by atoms with Crippen LogP contribution >= 0.6 is 11.3 Å². The Labute approximate surface area is 259 Å². The summed E-state index contributed by atoms with van der Waals surface area (Å²) >= 11 is 1.86. The van der Waals surface area contributed by atoms with Crippen molar-refractivity contribution in [2.75, 3.05) is 0 Å². The summed E-state index contributed by atoms with van der Waals surface area (Å²) in [5, 5.41) is 8.83. The van der Waals surface area contributed by atoms with Crippen LogP contribution in [0.15, 0.2) is 151 Å². The Balaban J connectivity index is 1.22. The van der Waals surface area contributed by atoms with Crippen molar-refractivity contribution in [2.24, 2.45) is 10.7 Å². The first kappa shape index (κ1) is 26.4. The lowest BCUT2D eigenvalue weighted by Gasteiger charge is -2.17. The van der Waals surface area contributed by atoms with Gasteiger partial charge in [-0.15, -0.1) is 11.3 Å². The van der Waals surface area contributed by atoms with Crippen molar-refractivity contribution < 1.29 is 0 Å². The van der Waals surface area contributed by atoms with Crippen LogP contribution in [-0.4, -0.2) is 10.4 Å². The fourth-order valence-electron chi connectivity index (χ4n) is 6.22. The minimum absolute atomic E-state index is 0.277. The average molecular weight is 587 g/mol. The molecule has 4 nitrogen and oxygen atoms in total. The van der Waals surface area contributed by atoms with E-state index in [2.05, 4.69) is 107 Å². The number of aromatic nitrogens is 1. The van der Waals surface area contributed by atoms with E-state index in [-0.39, 0.29) is 6.17 Å². The molecule has 2 heterocycles. The van der Waals surface area contributed by atoms with Crippen LogP contribution in [0.25, 0.3) is 47.7 Å². The molecule has 0 saturated carbocycles. The van der Waals surface area contributed by atoms with Crippen LogP contribution in [0.5, 0.6) is 0 Å². The molecule has 5 heteroatoms. The summed E-state index contributed by atoms with van der Waals surface area (Å²) in [6.45, 7) is 0.661. The zero-order valence-electron chi connectivity index (χ0n) is 24.0. The molecule has 0 fully saturated rings. The summed E-state index contributed by atoms with van der Waals surface area (Å²) in [5.74, 6) is 0.518. The second kappa shape index (κ2) is 11.1. The Kier molecular flexibility index (Phi) is 6.67. The number of nitrogens with two attached hydrogens (primary N) is 1. The number of nitrogens with zero attached hydrogens (tertiary/aromatic N) is 2. The second-order valence-electron chi connectivity index (χ2n) is 11.0. The standard InChI is InChI=1S/C39H30N4S/c40-38(26-13-4-1-5-14-26)42-39(27-15-6-2-7-16-27)41-25-28-17-12-21-31-33-23-32-30-20-10-11-22-34(30)43(29-18-8-3-9-19-29)35(32)24-36(33)44-37(28)31/h1-24,39,41H,25H2,(H2,40,42). The molecule has 0 aliphatic carbocycles. The van der Waals surface area contributed by atoms with E-state index in [1.807, 2.05) is 59.9 Å². The zero-order valence-corrected chi connectivity index (χ0v) is 24.8. The third-order valence-corrected chi connectivity index (χ3v) is 9.57. The van der Waals surface area contributed by atoms with Gasteiger partial charge in [0.2, 0.25) is 0 Å². The molecule has 1 atom stereocenters. The topological polar surface area (TPSA) is 55.3 Å². The fraction of sp³-hybridized carbons (Fsp3) is 0.0513. The largest absolute Gasteiger partial charge is 0.383 e. The highest BCUT2D eigenvalue weighted by atomic mass is 32.1. The maximum atomic E-state index is 6.49. The normalized spacial score (nSPS) is 12.9. The molecule has 2 aromatic heterocycles. The van der Waals surface area contributed by atoms with E-state index < -0.39 is 0 Å². The number of thiophene rings is 1. The maximum Gasteiger partial charge on any atom is 0.128 e. The number of benzene rings is 6. The van der Waals surface area contributed by atoms with Gasteiger partial charge in [-0.1, -0.05) is 115 Å². The SMILES string of the molecule is NC(=NC(NCc1cccc2c1sc1cc3c(cc12)c1ccccc1n3-c1ccccc1)c1ccccc1)c1ccccc1.